The van der Waals surface area contributed by atoms with Crippen LogP contribution >= 0.6 is 11.3 Å². The average molecular weight is 446 g/mol. The molecule has 0 amide bonds. The second-order valence-corrected chi connectivity index (χ2v) is 9.41. The first-order valence-electron chi connectivity index (χ1n) is 11.1. The average Bonchev–Trinajstić information content (AvgIpc) is 3.43. The maximum Gasteiger partial charge on any atom is 0.119 e. The maximum absolute atomic E-state index is 9.95. The molecule has 4 nitrogen and oxygen atoms in total. The van der Waals surface area contributed by atoms with Gasteiger partial charge in [-0.3, -0.25) is 4.90 Å². The van der Waals surface area contributed by atoms with Crippen molar-refractivity contribution in [3.8, 4) is 27.7 Å². The second kappa shape index (κ2) is 9.23. The molecule has 0 unspecified atom stereocenters. The van der Waals surface area contributed by atoms with Crippen molar-refractivity contribution in [2.75, 3.05) is 26.2 Å². The smallest absolute Gasteiger partial charge is 0.119 e. The van der Waals surface area contributed by atoms with Crippen LogP contribution in [0.2, 0.25) is 0 Å². The zero-order chi connectivity index (χ0) is 21.9. The van der Waals surface area contributed by atoms with Gasteiger partial charge in [0.2, 0.25) is 0 Å². The van der Waals surface area contributed by atoms with Crippen LogP contribution in [0.5, 0.6) is 17.2 Å². The van der Waals surface area contributed by atoms with E-state index in [-0.39, 0.29) is 11.5 Å². The summed E-state index contributed by atoms with van der Waals surface area (Å²) in [5, 5.41) is 20.8. The predicted octanol–water partition coefficient (Wildman–Crippen LogP) is 6.04. The monoisotopic (exact) mass is 445 g/mol. The number of benzene rings is 3. The summed E-state index contributed by atoms with van der Waals surface area (Å²) in [5.41, 5.74) is 3.52. The number of hydrogen-bond acceptors (Lipinski definition) is 5. The molecule has 32 heavy (non-hydrogen) atoms. The highest BCUT2D eigenvalue weighted by atomic mass is 32.1. The van der Waals surface area contributed by atoms with Gasteiger partial charge in [0.05, 0.1) is 0 Å². The van der Waals surface area contributed by atoms with Crippen molar-refractivity contribution in [2.24, 2.45) is 0 Å². The van der Waals surface area contributed by atoms with Crippen LogP contribution in [-0.2, 0) is 6.42 Å². The molecule has 0 spiro atoms. The van der Waals surface area contributed by atoms with E-state index in [1.807, 2.05) is 24.3 Å². The molecule has 4 aromatic rings. The van der Waals surface area contributed by atoms with Gasteiger partial charge in [-0.1, -0.05) is 12.1 Å². The van der Waals surface area contributed by atoms with Crippen LogP contribution in [0.15, 0.2) is 66.7 Å². The summed E-state index contributed by atoms with van der Waals surface area (Å²) in [6, 6.07) is 21.3. The molecule has 5 heteroatoms. The van der Waals surface area contributed by atoms with Gasteiger partial charge in [0.15, 0.2) is 0 Å². The molecule has 164 valence electrons. The van der Waals surface area contributed by atoms with Gasteiger partial charge >= 0.3 is 0 Å². The number of hydrogen-bond donors (Lipinski definition) is 2. The molecular weight excluding hydrogens is 418 g/mol. The molecule has 0 bridgehead atoms. The van der Waals surface area contributed by atoms with E-state index in [0.29, 0.717) is 0 Å². The highest BCUT2D eigenvalue weighted by Gasteiger charge is 2.15. The van der Waals surface area contributed by atoms with Gasteiger partial charge in [0.25, 0.3) is 0 Å². The standard InChI is InChI=1S/C27H27NO3S/c29-21-7-5-20(6-8-21)27-25(24-12-9-22(30)18-26(24)32-27)17-19-3-10-23(11-4-19)31-16-15-28-13-1-2-14-28/h3-12,18,29-30H,1-2,13-17H2. The molecule has 1 aliphatic rings. The Morgan fingerprint density at radius 3 is 2.31 bits per heavy atom. The molecule has 2 heterocycles. The summed E-state index contributed by atoms with van der Waals surface area (Å²) < 4.78 is 7.01. The van der Waals surface area contributed by atoms with Crippen LogP contribution in [0.4, 0.5) is 0 Å². The zero-order valence-electron chi connectivity index (χ0n) is 18.0. The number of phenols is 2. The number of rotatable bonds is 7. The first kappa shape index (κ1) is 20.9. The van der Waals surface area contributed by atoms with Gasteiger partial charge in [-0.05, 0) is 109 Å². The van der Waals surface area contributed by atoms with Gasteiger partial charge < -0.3 is 14.9 Å². The summed E-state index contributed by atoms with van der Waals surface area (Å²) in [7, 11) is 0. The highest BCUT2D eigenvalue weighted by molar-refractivity contribution is 7.22. The van der Waals surface area contributed by atoms with E-state index in [2.05, 4.69) is 29.2 Å². The molecule has 0 aliphatic carbocycles. The van der Waals surface area contributed by atoms with E-state index in [0.717, 1.165) is 45.8 Å². The number of likely N-dealkylation sites (tertiary alicyclic amines) is 1. The fraction of sp³-hybridized carbons (Fsp3) is 0.259. The number of aromatic hydroxyl groups is 2. The third-order valence-electron chi connectivity index (χ3n) is 6.09. The number of phenolic OH excluding ortho intramolecular Hbond substituents is 2. The van der Waals surface area contributed by atoms with Crippen molar-refractivity contribution >= 4 is 21.4 Å². The van der Waals surface area contributed by atoms with E-state index in [9.17, 15) is 10.2 Å². The number of fused-ring (bicyclic) bond motifs is 1. The van der Waals surface area contributed by atoms with Crippen molar-refractivity contribution < 1.29 is 14.9 Å². The van der Waals surface area contributed by atoms with Gasteiger partial charge in [0.1, 0.15) is 23.9 Å². The lowest BCUT2D eigenvalue weighted by Gasteiger charge is -2.15. The molecule has 0 radical (unpaired) electrons. The molecule has 0 saturated carbocycles. The number of thiophene rings is 1. The topological polar surface area (TPSA) is 52.9 Å². The minimum atomic E-state index is 0.259. The molecular formula is C27H27NO3S. The fourth-order valence-electron chi connectivity index (χ4n) is 4.37. The summed E-state index contributed by atoms with van der Waals surface area (Å²) in [5.74, 6) is 1.44. The molecule has 3 aromatic carbocycles. The van der Waals surface area contributed by atoms with Crippen molar-refractivity contribution in [1.82, 2.24) is 4.90 Å². The highest BCUT2D eigenvalue weighted by Crippen LogP contribution is 2.41. The van der Waals surface area contributed by atoms with Gasteiger partial charge in [-0.2, -0.15) is 0 Å². The molecule has 1 aromatic heterocycles. The molecule has 1 aliphatic heterocycles. The Balaban J connectivity index is 1.37. The summed E-state index contributed by atoms with van der Waals surface area (Å²) in [4.78, 5) is 3.62. The third kappa shape index (κ3) is 4.59. The van der Waals surface area contributed by atoms with E-state index in [1.54, 1.807) is 29.5 Å². The van der Waals surface area contributed by atoms with Crippen LogP contribution in [-0.4, -0.2) is 41.4 Å². The van der Waals surface area contributed by atoms with E-state index in [4.69, 9.17) is 4.74 Å². The lowest BCUT2D eigenvalue weighted by molar-refractivity contribution is 0.238. The summed E-state index contributed by atoms with van der Waals surface area (Å²) >= 11 is 1.67. The first-order valence-corrected chi connectivity index (χ1v) is 12.0. The largest absolute Gasteiger partial charge is 0.508 e. The van der Waals surface area contributed by atoms with Gasteiger partial charge in [-0.25, -0.2) is 0 Å². The minimum absolute atomic E-state index is 0.259. The Morgan fingerprint density at radius 2 is 1.56 bits per heavy atom. The van der Waals surface area contributed by atoms with Gasteiger partial charge in [-0.15, -0.1) is 11.3 Å². The summed E-state index contributed by atoms with van der Waals surface area (Å²) in [6.07, 6.45) is 3.39. The number of nitrogens with zero attached hydrogens (tertiary/aromatic N) is 1. The molecule has 1 fully saturated rings. The molecule has 5 rings (SSSR count). The second-order valence-electron chi connectivity index (χ2n) is 8.36. The third-order valence-corrected chi connectivity index (χ3v) is 7.33. The summed E-state index contributed by atoms with van der Waals surface area (Å²) in [6.45, 7) is 4.10. The zero-order valence-corrected chi connectivity index (χ0v) is 18.8. The predicted molar refractivity (Wildman–Crippen MR) is 131 cm³/mol. The fourth-order valence-corrected chi connectivity index (χ4v) is 5.63. The Morgan fingerprint density at radius 1 is 0.844 bits per heavy atom. The van der Waals surface area contributed by atoms with Crippen molar-refractivity contribution in [3.05, 3.63) is 77.9 Å². The van der Waals surface area contributed by atoms with Crippen LogP contribution in [0, 0.1) is 0 Å². The van der Waals surface area contributed by atoms with Gasteiger partial charge in [0, 0.05) is 16.1 Å². The van der Waals surface area contributed by atoms with Crippen LogP contribution in [0.3, 0.4) is 0 Å². The molecule has 0 atom stereocenters. The van der Waals surface area contributed by atoms with Crippen molar-refractivity contribution in [2.45, 2.75) is 19.3 Å². The van der Waals surface area contributed by atoms with Crippen LogP contribution < -0.4 is 4.74 Å². The van der Waals surface area contributed by atoms with Crippen LogP contribution in [0.1, 0.15) is 24.0 Å². The Bertz CT molecular complexity index is 1190. The first-order chi connectivity index (χ1) is 15.7. The lowest BCUT2D eigenvalue weighted by atomic mass is 9.99. The number of ether oxygens (including phenoxy) is 1. The minimum Gasteiger partial charge on any atom is -0.508 e. The quantitative estimate of drug-likeness (QED) is 0.364. The van der Waals surface area contributed by atoms with E-state index < -0.39 is 0 Å². The Hall–Kier alpha value is -3.02. The van der Waals surface area contributed by atoms with E-state index in [1.165, 1.54) is 37.1 Å². The Kier molecular flexibility index (Phi) is 6.02. The van der Waals surface area contributed by atoms with Crippen molar-refractivity contribution in [3.63, 3.8) is 0 Å². The normalized spacial score (nSPS) is 14.2. The maximum atomic E-state index is 9.95. The molecule has 2 N–H and O–H groups in total. The van der Waals surface area contributed by atoms with Crippen LogP contribution in [0.25, 0.3) is 20.5 Å². The lowest BCUT2D eigenvalue weighted by Crippen LogP contribution is -2.25. The molecule has 1 saturated heterocycles. The van der Waals surface area contributed by atoms with E-state index >= 15 is 0 Å². The van der Waals surface area contributed by atoms with Crippen molar-refractivity contribution in [1.29, 1.82) is 0 Å². The Labute approximate surface area is 192 Å². The SMILES string of the molecule is Oc1ccc(-c2sc3cc(O)ccc3c2Cc2ccc(OCCN3CCCC3)cc2)cc1.